The largest absolute Gasteiger partial charge is 0.507 e. The summed E-state index contributed by atoms with van der Waals surface area (Å²) in [6.07, 6.45) is 0. The lowest BCUT2D eigenvalue weighted by Crippen LogP contribution is -2.15. The van der Waals surface area contributed by atoms with E-state index in [4.69, 9.17) is 5.73 Å². The summed E-state index contributed by atoms with van der Waals surface area (Å²) in [4.78, 5) is 12.0. The molecule has 0 spiro atoms. The van der Waals surface area contributed by atoms with Crippen LogP contribution in [0.2, 0.25) is 0 Å². The molecule has 0 radical (unpaired) electrons. The molecule has 0 saturated heterocycles. The van der Waals surface area contributed by atoms with Gasteiger partial charge in [0.1, 0.15) is 10.6 Å². The molecule has 0 aliphatic rings. The van der Waals surface area contributed by atoms with Crippen molar-refractivity contribution in [2.24, 2.45) is 0 Å². The van der Waals surface area contributed by atoms with Crippen molar-refractivity contribution < 1.29 is 22.9 Å². The first-order valence-electron chi connectivity index (χ1n) is 7.58. The molecule has 0 aliphatic heterocycles. The van der Waals surface area contributed by atoms with E-state index in [1.165, 1.54) is 36.4 Å². The van der Waals surface area contributed by atoms with E-state index < -0.39 is 20.9 Å². The molecule has 0 heterocycles. The number of amides is 1. The second-order valence-corrected chi connectivity index (χ2v) is 7.17. The Morgan fingerprint density at radius 1 is 1.08 bits per heavy atom. The van der Waals surface area contributed by atoms with Gasteiger partial charge < -0.3 is 16.2 Å². The third-order valence-electron chi connectivity index (χ3n) is 4.04. The number of fused-ring (bicyclic) bond motifs is 1. The van der Waals surface area contributed by atoms with Gasteiger partial charge in [-0.25, -0.2) is 0 Å². The maximum atomic E-state index is 12.5. The lowest BCUT2D eigenvalue weighted by atomic mass is 10.1. The van der Waals surface area contributed by atoms with E-state index >= 15 is 0 Å². The fourth-order valence-corrected chi connectivity index (χ4v) is 3.52. The van der Waals surface area contributed by atoms with E-state index in [0.29, 0.717) is 5.69 Å². The van der Waals surface area contributed by atoms with Crippen molar-refractivity contribution in [2.75, 3.05) is 11.1 Å². The second kappa shape index (κ2) is 6.32. The van der Waals surface area contributed by atoms with Gasteiger partial charge in [-0.15, -0.1) is 0 Å². The Kier molecular flexibility index (Phi) is 4.31. The van der Waals surface area contributed by atoms with Crippen LogP contribution >= 0.6 is 0 Å². The fraction of sp³-hybridized carbons (Fsp3) is 0.0556. The standard InChI is InChI=1S/C18H16N2O5S/c1-10-5-6-11(9-14(10)19)18(22)20-15-8-7-12-13(3-2-4-16(12)21)17(15)26(23,24)25/h2-9,21H,19H2,1H3,(H,20,22)(H,23,24,25). The number of aromatic hydroxyl groups is 1. The molecule has 7 nitrogen and oxygen atoms in total. The highest BCUT2D eigenvalue weighted by Crippen LogP contribution is 2.34. The number of carbonyl (C=O) groups excluding carboxylic acids is 1. The Morgan fingerprint density at radius 3 is 2.46 bits per heavy atom. The van der Waals surface area contributed by atoms with Crippen molar-refractivity contribution in [3.05, 3.63) is 59.7 Å². The number of rotatable bonds is 3. The Morgan fingerprint density at radius 2 is 1.81 bits per heavy atom. The molecular formula is C18H16N2O5S. The average Bonchev–Trinajstić information content (AvgIpc) is 2.56. The van der Waals surface area contributed by atoms with Crippen LogP contribution in [0.4, 0.5) is 11.4 Å². The first-order chi connectivity index (χ1) is 12.2. The minimum Gasteiger partial charge on any atom is -0.507 e. The summed E-state index contributed by atoms with van der Waals surface area (Å²) in [6, 6.07) is 11.7. The molecule has 8 heteroatoms. The van der Waals surface area contributed by atoms with Gasteiger partial charge in [-0.05, 0) is 42.8 Å². The summed E-state index contributed by atoms with van der Waals surface area (Å²) in [5, 5.41) is 12.7. The van der Waals surface area contributed by atoms with Crippen molar-refractivity contribution in [1.82, 2.24) is 0 Å². The lowest BCUT2D eigenvalue weighted by Gasteiger charge is -2.13. The molecular weight excluding hydrogens is 356 g/mol. The summed E-state index contributed by atoms with van der Waals surface area (Å²) in [7, 11) is -4.67. The quantitative estimate of drug-likeness (QED) is 0.413. The van der Waals surface area contributed by atoms with E-state index in [1.807, 2.05) is 0 Å². The Labute approximate surface area is 149 Å². The van der Waals surface area contributed by atoms with Crippen LogP contribution in [0.5, 0.6) is 5.75 Å². The number of nitrogens with two attached hydrogens (primary N) is 1. The van der Waals surface area contributed by atoms with E-state index in [-0.39, 0.29) is 27.8 Å². The Balaban J connectivity index is 2.13. The summed E-state index contributed by atoms with van der Waals surface area (Å²) < 4.78 is 33.4. The molecule has 0 aliphatic carbocycles. The predicted molar refractivity (Wildman–Crippen MR) is 99.0 cm³/mol. The minimum atomic E-state index is -4.67. The molecule has 0 aromatic heterocycles. The number of hydrogen-bond acceptors (Lipinski definition) is 5. The molecule has 0 atom stereocenters. The Hall–Kier alpha value is -3.10. The average molecular weight is 372 g/mol. The monoisotopic (exact) mass is 372 g/mol. The van der Waals surface area contributed by atoms with Gasteiger partial charge in [-0.2, -0.15) is 8.42 Å². The summed E-state index contributed by atoms with van der Waals surface area (Å²) in [5.41, 5.74) is 7.17. The van der Waals surface area contributed by atoms with E-state index in [2.05, 4.69) is 5.32 Å². The zero-order chi connectivity index (χ0) is 19.1. The number of anilines is 2. The van der Waals surface area contributed by atoms with Crippen molar-refractivity contribution in [1.29, 1.82) is 0 Å². The van der Waals surface area contributed by atoms with Crippen LogP contribution in [-0.4, -0.2) is 24.0 Å². The third-order valence-corrected chi connectivity index (χ3v) is 4.99. The first kappa shape index (κ1) is 17.7. The zero-order valence-corrected chi connectivity index (χ0v) is 14.5. The number of benzene rings is 3. The smallest absolute Gasteiger partial charge is 0.297 e. The van der Waals surface area contributed by atoms with E-state index in [1.54, 1.807) is 19.1 Å². The highest BCUT2D eigenvalue weighted by Gasteiger charge is 2.22. The molecule has 0 fully saturated rings. The predicted octanol–water partition coefficient (Wildman–Crippen LogP) is 2.94. The first-order valence-corrected chi connectivity index (χ1v) is 9.02. The van der Waals surface area contributed by atoms with Gasteiger partial charge in [0.15, 0.2) is 0 Å². The second-order valence-electron chi connectivity index (χ2n) is 5.82. The van der Waals surface area contributed by atoms with Gasteiger partial charge in [-0.3, -0.25) is 9.35 Å². The topological polar surface area (TPSA) is 130 Å². The van der Waals surface area contributed by atoms with Crippen LogP contribution in [0, 0.1) is 6.92 Å². The SMILES string of the molecule is Cc1ccc(C(=O)Nc2ccc3c(O)cccc3c2S(=O)(=O)O)cc1N. The third kappa shape index (κ3) is 3.19. The van der Waals surface area contributed by atoms with Gasteiger partial charge in [0.2, 0.25) is 0 Å². The number of hydrogen-bond donors (Lipinski definition) is 4. The Bertz CT molecular complexity index is 1140. The molecule has 0 unspecified atom stereocenters. The van der Waals surface area contributed by atoms with Crippen molar-refractivity contribution in [3.8, 4) is 5.75 Å². The number of phenols is 1. The number of phenolic OH excluding ortho intramolecular Hbond substituents is 1. The molecule has 0 saturated carbocycles. The van der Waals surface area contributed by atoms with Gasteiger partial charge in [0.25, 0.3) is 16.0 Å². The molecule has 26 heavy (non-hydrogen) atoms. The molecule has 3 rings (SSSR count). The van der Waals surface area contributed by atoms with Crippen LogP contribution < -0.4 is 11.1 Å². The van der Waals surface area contributed by atoms with Gasteiger partial charge in [0, 0.05) is 22.0 Å². The molecule has 3 aromatic carbocycles. The molecule has 3 aromatic rings. The number of aryl methyl sites for hydroxylation is 1. The lowest BCUT2D eigenvalue weighted by molar-refractivity contribution is 0.102. The summed E-state index contributed by atoms with van der Waals surface area (Å²) >= 11 is 0. The van der Waals surface area contributed by atoms with Crippen molar-refractivity contribution >= 4 is 38.2 Å². The van der Waals surface area contributed by atoms with Gasteiger partial charge >= 0.3 is 0 Å². The van der Waals surface area contributed by atoms with E-state index in [9.17, 15) is 22.9 Å². The molecule has 134 valence electrons. The van der Waals surface area contributed by atoms with Crippen LogP contribution in [0.15, 0.2) is 53.4 Å². The maximum Gasteiger partial charge on any atom is 0.297 e. The molecule has 0 bridgehead atoms. The molecule has 1 amide bonds. The van der Waals surface area contributed by atoms with Gasteiger partial charge in [-0.1, -0.05) is 18.2 Å². The van der Waals surface area contributed by atoms with Crippen LogP contribution in [0.3, 0.4) is 0 Å². The number of nitrogen functional groups attached to an aromatic ring is 1. The zero-order valence-electron chi connectivity index (χ0n) is 13.7. The highest BCUT2D eigenvalue weighted by molar-refractivity contribution is 7.86. The fourth-order valence-electron chi connectivity index (χ4n) is 2.67. The number of carbonyl (C=O) groups is 1. The highest BCUT2D eigenvalue weighted by atomic mass is 32.2. The maximum absolute atomic E-state index is 12.5. The van der Waals surface area contributed by atoms with Crippen LogP contribution in [0.25, 0.3) is 10.8 Å². The van der Waals surface area contributed by atoms with Crippen LogP contribution in [0.1, 0.15) is 15.9 Å². The van der Waals surface area contributed by atoms with Crippen LogP contribution in [-0.2, 0) is 10.1 Å². The normalized spacial score (nSPS) is 11.5. The summed E-state index contributed by atoms with van der Waals surface area (Å²) in [5.74, 6) is -0.724. The van der Waals surface area contributed by atoms with Crippen molar-refractivity contribution in [3.63, 3.8) is 0 Å². The van der Waals surface area contributed by atoms with Crippen molar-refractivity contribution in [2.45, 2.75) is 11.8 Å². The van der Waals surface area contributed by atoms with E-state index in [0.717, 1.165) is 5.56 Å². The summed E-state index contributed by atoms with van der Waals surface area (Å²) in [6.45, 7) is 1.79. The minimum absolute atomic E-state index is 0.0914. The molecule has 5 N–H and O–H groups in total. The number of nitrogens with one attached hydrogen (secondary N) is 1. The van der Waals surface area contributed by atoms with Gasteiger partial charge in [0.05, 0.1) is 5.69 Å².